The second kappa shape index (κ2) is 10.1. The van der Waals surface area contributed by atoms with Crippen LogP contribution < -0.4 is 5.32 Å². The van der Waals surface area contributed by atoms with Crippen LogP contribution in [-0.2, 0) is 4.79 Å². The van der Waals surface area contributed by atoms with E-state index in [1.165, 1.54) is 17.7 Å². The van der Waals surface area contributed by atoms with Crippen LogP contribution in [0.25, 0.3) is 33.9 Å². The molecule has 5 aromatic rings. The van der Waals surface area contributed by atoms with Crippen LogP contribution in [0.3, 0.4) is 0 Å². The highest BCUT2D eigenvalue weighted by Gasteiger charge is 2.33. The van der Waals surface area contributed by atoms with Crippen molar-refractivity contribution in [1.29, 1.82) is 0 Å². The molecule has 38 heavy (non-hydrogen) atoms. The summed E-state index contributed by atoms with van der Waals surface area (Å²) in [6.07, 6.45) is 3.63. The molecule has 0 bridgehead atoms. The number of nitrogens with one attached hydrogen (secondary N) is 1. The summed E-state index contributed by atoms with van der Waals surface area (Å²) in [5.74, 6) is 0.951. The number of nitrogens with zero attached hydrogens (tertiary/aromatic N) is 6. The zero-order valence-corrected chi connectivity index (χ0v) is 22.6. The Morgan fingerprint density at radius 3 is 2.74 bits per heavy atom. The number of halogens is 1. The number of amides is 2. The molecule has 2 amide bonds. The van der Waals surface area contributed by atoms with Gasteiger partial charge in [0.1, 0.15) is 5.69 Å². The van der Waals surface area contributed by atoms with Crippen molar-refractivity contribution < 1.29 is 14.1 Å². The van der Waals surface area contributed by atoms with E-state index in [1.54, 1.807) is 24.1 Å². The number of hydrogen-bond donors (Lipinski definition) is 1. The Hall–Kier alpha value is -3.90. The lowest BCUT2D eigenvalue weighted by Gasteiger charge is -2.38. The van der Waals surface area contributed by atoms with E-state index < -0.39 is 0 Å². The first-order valence-corrected chi connectivity index (χ1v) is 13.6. The summed E-state index contributed by atoms with van der Waals surface area (Å²) in [6, 6.07) is 14.7. The molecule has 6 rings (SSSR count). The fourth-order valence-corrected chi connectivity index (χ4v) is 6.18. The lowest BCUT2D eigenvalue weighted by atomic mass is 9.99. The number of hydrogen-bond acceptors (Lipinski definition) is 8. The van der Waals surface area contributed by atoms with Crippen molar-refractivity contribution in [2.24, 2.45) is 0 Å². The fraction of sp³-hybridized carbons (Fsp3) is 0.231. The lowest BCUT2D eigenvalue weighted by Crippen LogP contribution is -2.52. The van der Waals surface area contributed by atoms with Crippen molar-refractivity contribution >= 4 is 50.1 Å². The lowest BCUT2D eigenvalue weighted by molar-refractivity contribution is -0.130. The molecule has 12 heteroatoms. The molecule has 192 valence electrons. The molecule has 5 heterocycles. The van der Waals surface area contributed by atoms with Gasteiger partial charge in [0.05, 0.1) is 25.7 Å². The number of rotatable bonds is 5. The topological polar surface area (TPSA) is 119 Å². The number of carbonyl (C=O) groups excluding carboxylic acids is 2. The van der Waals surface area contributed by atoms with Crippen LogP contribution in [0.15, 0.2) is 69.4 Å². The van der Waals surface area contributed by atoms with Crippen molar-refractivity contribution in [2.75, 3.05) is 13.1 Å². The minimum atomic E-state index is -0.250. The highest BCUT2D eigenvalue weighted by Crippen LogP contribution is 2.34. The highest BCUT2D eigenvalue weighted by molar-refractivity contribution is 9.11. The normalized spacial score (nSPS) is 17.6. The monoisotopic (exact) mass is 591 g/mol. The molecule has 0 spiro atoms. The smallest absolute Gasteiger partial charge is 0.261 e. The summed E-state index contributed by atoms with van der Waals surface area (Å²) in [6.45, 7) is 2.46. The largest absolute Gasteiger partial charge is 0.347 e. The van der Waals surface area contributed by atoms with E-state index in [-0.39, 0.29) is 23.9 Å². The Bertz CT molecular complexity index is 1620. The van der Waals surface area contributed by atoms with E-state index in [0.717, 1.165) is 20.4 Å². The van der Waals surface area contributed by atoms with E-state index in [1.807, 2.05) is 42.5 Å². The van der Waals surface area contributed by atoms with Crippen LogP contribution in [0.4, 0.5) is 0 Å². The maximum atomic E-state index is 13.0. The van der Waals surface area contributed by atoms with Gasteiger partial charge in [0.2, 0.25) is 18.1 Å². The molecular weight excluding hydrogens is 570 g/mol. The summed E-state index contributed by atoms with van der Waals surface area (Å²) in [5.41, 5.74) is 3.14. The van der Waals surface area contributed by atoms with Crippen LogP contribution in [0.5, 0.6) is 0 Å². The zero-order chi connectivity index (χ0) is 26.2. The summed E-state index contributed by atoms with van der Waals surface area (Å²) in [7, 11) is 0. The molecule has 1 saturated heterocycles. The quantitative estimate of drug-likeness (QED) is 0.318. The third kappa shape index (κ3) is 4.72. The third-order valence-electron chi connectivity index (χ3n) is 6.57. The van der Waals surface area contributed by atoms with Gasteiger partial charge in [0.25, 0.3) is 5.91 Å². The molecule has 2 unspecified atom stereocenters. The fourth-order valence-electron chi connectivity index (χ4n) is 4.89. The van der Waals surface area contributed by atoms with E-state index >= 15 is 0 Å². The van der Waals surface area contributed by atoms with Gasteiger partial charge < -0.3 is 19.3 Å². The Balaban J connectivity index is 1.43. The zero-order valence-electron chi connectivity index (χ0n) is 20.2. The molecule has 1 aliphatic rings. The number of pyridine rings is 1. The molecule has 4 aromatic heterocycles. The Morgan fingerprint density at radius 1 is 1.13 bits per heavy atom. The van der Waals surface area contributed by atoms with Gasteiger partial charge in [-0.25, -0.2) is 4.98 Å². The van der Waals surface area contributed by atoms with Gasteiger partial charge in [-0.05, 0) is 64.8 Å². The number of benzene rings is 1. The molecule has 10 nitrogen and oxygen atoms in total. The standard InChI is InChI=1S/C26H22BrN7O3S/c1-15(35)33-12-17(30-26(36)22-7-8-23(27)38-22)11-18(13-33)34-21-10-16(24-29-14-37-32-24)5-6-19(21)31-25(34)20-4-2-3-9-28-20/h2-10,14,17-18H,11-13H2,1H3,(H,30,36). The third-order valence-corrected chi connectivity index (χ3v) is 8.20. The summed E-state index contributed by atoms with van der Waals surface area (Å²) >= 11 is 4.79. The average Bonchev–Trinajstić information content (AvgIpc) is 3.68. The van der Waals surface area contributed by atoms with Crippen LogP contribution in [-0.4, -0.2) is 60.5 Å². The number of aromatic nitrogens is 5. The molecule has 2 atom stereocenters. The number of carbonyl (C=O) groups is 2. The van der Waals surface area contributed by atoms with E-state index in [9.17, 15) is 9.59 Å². The molecule has 1 aromatic carbocycles. The van der Waals surface area contributed by atoms with Gasteiger partial charge in [-0.15, -0.1) is 11.3 Å². The van der Waals surface area contributed by atoms with E-state index in [4.69, 9.17) is 9.51 Å². The van der Waals surface area contributed by atoms with Crippen molar-refractivity contribution in [1.82, 2.24) is 34.9 Å². The average molecular weight is 592 g/mol. The number of likely N-dealkylation sites (tertiary alicyclic amines) is 1. The minimum Gasteiger partial charge on any atom is -0.347 e. The first-order chi connectivity index (χ1) is 18.5. The van der Waals surface area contributed by atoms with E-state index in [2.05, 4.69) is 40.9 Å². The van der Waals surface area contributed by atoms with Crippen LogP contribution in [0, 0.1) is 0 Å². The maximum absolute atomic E-state index is 13.0. The van der Waals surface area contributed by atoms with Gasteiger partial charge >= 0.3 is 0 Å². The first kappa shape index (κ1) is 24.4. The maximum Gasteiger partial charge on any atom is 0.261 e. The van der Waals surface area contributed by atoms with Gasteiger partial charge in [-0.1, -0.05) is 11.2 Å². The van der Waals surface area contributed by atoms with Crippen molar-refractivity contribution in [3.8, 4) is 22.9 Å². The molecule has 1 aliphatic heterocycles. The van der Waals surface area contributed by atoms with Gasteiger partial charge in [-0.2, -0.15) is 4.98 Å². The molecule has 0 radical (unpaired) electrons. The van der Waals surface area contributed by atoms with Gasteiger partial charge in [0.15, 0.2) is 5.82 Å². The summed E-state index contributed by atoms with van der Waals surface area (Å²) < 4.78 is 7.96. The Morgan fingerprint density at radius 2 is 2.03 bits per heavy atom. The second-order valence-electron chi connectivity index (χ2n) is 9.07. The number of fused-ring (bicyclic) bond motifs is 1. The number of piperidine rings is 1. The van der Waals surface area contributed by atoms with Crippen molar-refractivity contribution in [3.63, 3.8) is 0 Å². The number of imidazole rings is 1. The van der Waals surface area contributed by atoms with Crippen molar-refractivity contribution in [3.05, 3.63) is 69.8 Å². The molecule has 0 aliphatic carbocycles. The van der Waals surface area contributed by atoms with Crippen LogP contribution >= 0.6 is 27.3 Å². The molecule has 0 saturated carbocycles. The van der Waals surface area contributed by atoms with Crippen LogP contribution in [0.2, 0.25) is 0 Å². The second-order valence-corrected chi connectivity index (χ2v) is 11.5. The summed E-state index contributed by atoms with van der Waals surface area (Å²) in [4.78, 5) is 41.7. The number of thiophene rings is 1. The van der Waals surface area contributed by atoms with Gasteiger partial charge in [-0.3, -0.25) is 14.6 Å². The van der Waals surface area contributed by atoms with Gasteiger partial charge in [0, 0.05) is 37.8 Å². The predicted octanol–water partition coefficient (Wildman–Crippen LogP) is 4.56. The Labute approximate surface area is 229 Å². The van der Waals surface area contributed by atoms with Crippen LogP contribution in [0.1, 0.15) is 29.1 Å². The summed E-state index contributed by atoms with van der Waals surface area (Å²) in [5, 5.41) is 7.12. The molecule has 1 fully saturated rings. The highest BCUT2D eigenvalue weighted by atomic mass is 79.9. The molecule has 1 N–H and O–H groups in total. The minimum absolute atomic E-state index is 0.0517. The SMILES string of the molecule is CC(=O)N1CC(NC(=O)c2ccc(Br)s2)CC(n2c(-c3ccccn3)nc3ccc(-c4ncon4)cc32)C1. The molecular formula is C26H22BrN7O3S. The Kier molecular flexibility index (Phi) is 6.50. The van der Waals surface area contributed by atoms with Crippen molar-refractivity contribution in [2.45, 2.75) is 25.4 Å². The predicted molar refractivity (Wildman–Crippen MR) is 145 cm³/mol. The first-order valence-electron chi connectivity index (χ1n) is 12.0. The van der Waals surface area contributed by atoms with E-state index in [0.29, 0.717) is 41.7 Å².